The molecule has 0 unspecified atom stereocenters. The van der Waals surface area contributed by atoms with Crippen molar-refractivity contribution in [1.82, 2.24) is 5.32 Å². The topological polar surface area (TPSA) is 137 Å². The van der Waals surface area contributed by atoms with Crippen molar-refractivity contribution in [2.75, 3.05) is 11.5 Å². The number of ether oxygens (including phenoxy) is 3. The molecule has 1 fully saturated rings. The van der Waals surface area contributed by atoms with Crippen molar-refractivity contribution in [3.63, 3.8) is 0 Å². The number of barbiturate groups is 1. The summed E-state index contributed by atoms with van der Waals surface area (Å²) in [5, 5.41) is 13.1. The quantitative estimate of drug-likeness (QED) is 0.0728. The van der Waals surface area contributed by atoms with E-state index in [0.29, 0.717) is 45.0 Å². The Bertz CT molecular complexity index is 1820. The van der Waals surface area contributed by atoms with Gasteiger partial charge < -0.3 is 14.2 Å². The molecule has 11 nitrogen and oxygen atoms in total. The monoisotopic (exact) mass is 749 g/mol. The molecular formula is C33H25Br2N3O8. The molecule has 1 saturated heterocycles. The smallest absolute Gasteiger partial charge is 0.335 e. The molecule has 4 amide bonds. The number of amides is 4. The molecule has 1 N–H and O–H groups in total. The van der Waals surface area contributed by atoms with Gasteiger partial charge in [-0.05, 0) is 97.9 Å². The van der Waals surface area contributed by atoms with E-state index >= 15 is 0 Å². The van der Waals surface area contributed by atoms with Crippen molar-refractivity contribution < 1.29 is 33.5 Å². The summed E-state index contributed by atoms with van der Waals surface area (Å²) < 4.78 is 19.0. The molecule has 0 radical (unpaired) electrons. The second-order valence-corrected chi connectivity index (χ2v) is 11.5. The summed E-state index contributed by atoms with van der Waals surface area (Å²) in [6.07, 6.45) is 1.34. The molecule has 1 heterocycles. The SMILES string of the molecule is CCOc1cc(COc2c(Br)cc(/C=C3/C(=O)NC(=O)N(c4ccc([N+](=O)[O-])cc4)C3=O)cc2Br)ccc1OCc1ccccc1. The van der Waals surface area contributed by atoms with Crippen LogP contribution in [0.25, 0.3) is 6.08 Å². The highest BCUT2D eigenvalue weighted by Crippen LogP contribution is 2.37. The maximum Gasteiger partial charge on any atom is 0.335 e. The van der Waals surface area contributed by atoms with Gasteiger partial charge in [0.1, 0.15) is 24.5 Å². The van der Waals surface area contributed by atoms with Gasteiger partial charge in [-0.15, -0.1) is 0 Å². The highest BCUT2D eigenvalue weighted by atomic mass is 79.9. The van der Waals surface area contributed by atoms with E-state index in [1.807, 2.05) is 55.5 Å². The van der Waals surface area contributed by atoms with Gasteiger partial charge >= 0.3 is 6.03 Å². The molecule has 0 saturated carbocycles. The standard InChI is InChI=1S/C33H25Br2N3O8/c1-2-44-29-17-21(8-13-28(29)45-18-20-6-4-3-5-7-20)19-46-30-26(34)15-22(16-27(30)35)14-25-31(39)36-33(41)37(32(25)40)23-9-11-24(12-10-23)38(42)43/h3-17H,2,18-19H2,1H3,(H,36,39,41)/b25-14-. The van der Waals surface area contributed by atoms with Crippen molar-refractivity contribution in [3.05, 3.63) is 126 Å². The van der Waals surface area contributed by atoms with Crippen LogP contribution in [0.2, 0.25) is 0 Å². The van der Waals surface area contributed by atoms with E-state index in [4.69, 9.17) is 14.2 Å². The zero-order valence-electron chi connectivity index (χ0n) is 24.2. The molecular weight excluding hydrogens is 726 g/mol. The van der Waals surface area contributed by atoms with Gasteiger partial charge in [-0.2, -0.15) is 0 Å². The molecule has 0 aliphatic carbocycles. The largest absolute Gasteiger partial charge is 0.490 e. The second kappa shape index (κ2) is 14.4. The number of nitro benzene ring substituents is 1. The first-order chi connectivity index (χ1) is 22.1. The maximum absolute atomic E-state index is 13.3. The average Bonchev–Trinajstić information content (AvgIpc) is 3.03. The van der Waals surface area contributed by atoms with Crippen LogP contribution < -0.4 is 24.4 Å². The molecule has 234 valence electrons. The Kier molecular flexibility index (Phi) is 10.1. The Morgan fingerprint density at radius 2 is 1.50 bits per heavy atom. The maximum atomic E-state index is 13.3. The van der Waals surface area contributed by atoms with Crippen LogP contribution in [-0.4, -0.2) is 29.4 Å². The van der Waals surface area contributed by atoms with E-state index < -0.39 is 22.8 Å². The number of rotatable bonds is 11. The van der Waals surface area contributed by atoms with Crippen molar-refractivity contribution in [1.29, 1.82) is 0 Å². The number of benzene rings is 4. The van der Waals surface area contributed by atoms with Crippen LogP contribution in [0.4, 0.5) is 16.2 Å². The number of hydrogen-bond acceptors (Lipinski definition) is 8. The van der Waals surface area contributed by atoms with Crippen molar-refractivity contribution >= 4 is 67.2 Å². The summed E-state index contributed by atoms with van der Waals surface area (Å²) >= 11 is 7.01. The Morgan fingerprint density at radius 1 is 0.826 bits per heavy atom. The Balaban J connectivity index is 1.31. The molecule has 0 spiro atoms. The zero-order chi connectivity index (χ0) is 32.8. The molecule has 13 heteroatoms. The first-order valence-electron chi connectivity index (χ1n) is 13.8. The fourth-order valence-corrected chi connectivity index (χ4v) is 5.95. The van der Waals surface area contributed by atoms with E-state index in [1.54, 1.807) is 12.1 Å². The van der Waals surface area contributed by atoms with Gasteiger partial charge in [-0.3, -0.25) is 25.0 Å². The number of nitro groups is 1. The molecule has 46 heavy (non-hydrogen) atoms. The number of nitrogens with one attached hydrogen (secondary N) is 1. The Hall–Kier alpha value is -5.01. The molecule has 5 rings (SSSR count). The fraction of sp³-hybridized carbons (Fsp3) is 0.121. The molecule has 1 aliphatic rings. The number of nitrogens with zero attached hydrogens (tertiary/aromatic N) is 2. The lowest BCUT2D eigenvalue weighted by Gasteiger charge is -2.26. The van der Waals surface area contributed by atoms with E-state index in [0.717, 1.165) is 28.2 Å². The number of hydrogen-bond donors (Lipinski definition) is 1. The number of carbonyl (C=O) groups excluding carboxylic acids is 3. The van der Waals surface area contributed by atoms with Crippen LogP contribution in [0.15, 0.2) is 99.4 Å². The molecule has 0 aromatic heterocycles. The van der Waals surface area contributed by atoms with Crippen LogP contribution in [0, 0.1) is 10.1 Å². The minimum atomic E-state index is -0.963. The van der Waals surface area contributed by atoms with Gasteiger partial charge in [-0.25, -0.2) is 9.69 Å². The zero-order valence-corrected chi connectivity index (χ0v) is 27.4. The molecule has 0 bridgehead atoms. The number of imide groups is 2. The second-order valence-electron chi connectivity index (χ2n) is 9.82. The molecule has 0 atom stereocenters. The summed E-state index contributed by atoms with van der Waals surface area (Å²) in [7, 11) is 0. The third-order valence-electron chi connectivity index (χ3n) is 6.68. The van der Waals surface area contributed by atoms with Crippen LogP contribution in [0.5, 0.6) is 17.2 Å². The lowest BCUT2D eigenvalue weighted by atomic mass is 10.1. The van der Waals surface area contributed by atoms with Gasteiger partial charge in [0.2, 0.25) is 0 Å². The lowest BCUT2D eigenvalue weighted by molar-refractivity contribution is -0.384. The summed E-state index contributed by atoms with van der Waals surface area (Å²) in [6.45, 7) is 2.95. The van der Waals surface area contributed by atoms with Gasteiger partial charge in [0, 0.05) is 12.1 Å². The third-order valence-corrected chi connectivity index (χ3v) is 7.86. The van der Waals surface area contributed by atoms with Crippen molar-refractivity contribution in [2.45, 2.75) is 20.1 Å². The van der Waals surface area contributed by atoms with Crippen LogP contribution in [0.3, 0.4) is 0 Å². The summed E-state index contributed by atoms with van der Waals surface area (Å²) in [4.78, 5) is 49.5. The van der Waals surface area contributed by atoms with E-state index in [1.165, 1.54) is 18.2 Å². The number of halogens is 2. The Morgan fingerprint density at radius 3 is 2.15 bits per heavy atom. The predicted octanol–water partition coefficient (Wildman–Crippen LogP) is 7.34. The summed E-state index contributed by atoms with van der Waals surface area (Å²) in [5.74, 6) is -0.0641. The van der Waals surface area contributed by atoms with Gasteiger partial charge in [0.05, 0.1) is 26.2 Å². The number of non-ortho nitro benzene ring substituents is 1. The van der Waals surface area contributed by atoms with E-state index in [9.17, 15) is 24.5 Å². The molecule has 4 aromatic rings. The highest BCUT2D eigenvalue weighted by molar-refractivity contribution is 9.11. The van der Waals surface area contributed by atoms with Crippen LogP contribution >= 0.6 is 31.9 Å². The van der Waals surface area contributed by atoms with Crippen LogP contribution in [0.1, 0.15) is 23.6 Å². The minimum Gasteiger partial charge on any atom is -0.490 e. The first-order valence-corrected chi connectivity index (χ1v) is 15.4. The number of urea groups is 1. The van der Waals surface area contributed by atoms with Gasteiger partial charge in [0.15, 0.2) is 11.5 Å². The molecule has 1 aliphatic heterocycles. The average molecular weight is 751 g/mol. The number of anilines is 1. The highest BCUT2D eigenvalue weighted by Gasteiger charge is 2.37. The minimum absolute atomic E-state index is 0.0703. The Labute approximate surface area is 280 Å². The normalized spacial score (nSPS) is 13.8. The van der Waals surface area contributed by atoms with Gasteiger partial charge in [0.25, 0.3) is 17.5 Å². The van der Waals surface area contributed by atoms with E-state index in [2.05, 4.69) is 37.2 Å². The first kappa shape index (κ1) is 32.4. The summed E-state index contributed by atoms with van der Waals surface area (Å²) in [6, 6.07) is 22.6. The predicted molar refractivity (Wildman–Crippen MR) is 177 cm³/mol. The third kappa shape index (κ3) is 7.44. The van der Waals surface area contributed by atoms with E-state index in [-0.39, 0.29) is 23.6 Å². The lowest BCUT2D eigenvalue weighted by Crippen LogP contribution is -2.54. The molecule has 4 aromatic carbocycles. The number of carbonyl (C=O) groups is 3. The van der Waals surface area contributed by atoms with Crippen molar-refractivity contribution in [3.8, 4) is 17.2 Å². The van der Waals surface area contributed by atoms with Crippen molar-refractivity contribution in [2.24, 2.45) is 0 Å². The summed E-state index contributed by atoms with van der Waals surface area (Å²) in [5.41, 5.74) is 1.89. The van der Waals surface area contributed by atoms with Gasteiger partial charge in [-0.1, -0.05) is 36.4 Å². The fourth-order valence-electron chi connectivity index (χ4n) is 4.50. The van der Waals surface area contributed by atoms with Crippen LogP contribution in [-0.2, 0) is 22.8 Å².